The number of carbonyl (C=O) groups excluding carboxylic acids is 1. The fourth-order valence-corrected chi connectivity index (χ4v) is 3.52. The smallest absolute Gasteiger partial charge is 0.222 e. The molecular formula is C16H32N4O9. The molecule has 2 aliphatic rings. The fraction of sp³-hybridized carbons (Fsp3) is 0.938. The molecule has 0 spiro atoms. The largest absolute Gasteiger partial charge is 0.391 e. The van der Waals surface area contributed by atoms with Crippen molar-refractivity contribution in [1.29, 1.82) is 0 Å². The summed E-state index contributed by atoms with van der Waals surface area (Å²) in [5, 5.41) is 62.5. The van der Waals surface area contributed by atoms with E-state index in [-0.39, 0.29) is 25.9 Å². The Kier molecular flexibility index (Phi) is 8.69. The number of amides is 1. The first kappa shape index (κ1) is 24.3. The van der Waals surface area contributed by atoms with Crippen LogP contribution < -0.4 is 22.5 Å². The topological polar surface area (TPSA) is 247 Å². The number of aliphatic hydroxyl groups is 6. The molecule has 0 radical (unpaired) electrons. The van der Waals surface area contributed by atoms with Gasteiger partial charge in [-0.3, -0.25) is 4.79 Å². The van der Waals surface area contributed by atoms with E-state index < -0.39 is 73.1 Å². The summed E-state index contributed by atoms with van der Waals surface area (Å²) in [7, 11) is 0. The fourth-order valence-electron chi connectivity index (χ4n) is 3.52. The van der Waals surface area contributed by atoms with Gasteiger partial charge in [0.05, 0.1) is 18.6 Å². The Morgan fingerprint density at radius 2 is 1.72 bits per heavy atom. The van der Waals surface area contributed by atoms with E-state index in [1.807, 2.05) is 0 Å². The van der Waals surface area contributed by atoms with Crippen LogP contribution in [0.15, 0.2) is 0 Å². The van der Waals surface area contributed by atoms with Gasteiger partial charge < -0.3 is 62.6 Å². The van der Waals surface area contributed by atoms with Crippen LogP contribution in [0, 0.1) is 0 Å². The predicted molar refractivity (Wildman–Crippen MR) is 96.8 cm³/mol. The highest BCUT2D eigenvalue weighted by atomic mass is 16.7. The zero-order valence-electron chi connectivity index (χ0n) is 15.8. The van der Waals surface area contributed by atoms with Crippen LogP contribution in [0.5, 0.6) is 0 Å². The summed E-state index contributed by atoms with van der Waals surface area (Å²) in [5.74, 6) is -0.570. The average molecular weight is 424 g/mol. The second-order valence-corrected chi connectivity index (χ2v) is 7.50. The summed E-state index contributed by atoms with van der Waals surface area (Å²) in [6, 6.07) is -1.78. The summed E-state index contributed by atoms with van der Waals surface area (Å²) in [5.41, 5.74) is 16.7. The molecule has 13 heteroatoms. The van der Waals surface area contributed by atoms with E-state index in [1.165, 1.54) is 0 Å². The van der Waals surface area contributed by atoms with Crippen molar-refractivity contribution < 1.29 is 44.9 Å². The molecule has 0 aromatic carbocycles. The molecule has 1 amide bonds. The van der Waals surface area contributed by atoms with Crippen LogP contribution in [-0.4, -0.2) is 117 Å². The van der Waals surface area contributed by atoms with Crippen LogP contribution in [0.2, 0.25) is 0 Å². The van der Waals surface area contributed by atoms with Gasteiger partial charge in [0.15, 0.2) is 6.29 Å². The molecule has 11 atom stereocenters. The van der Waals surface area contributed by atoms with Crippen molar-refractivity contribution in [2.75, 3.05) is 13.1 Å². The first-order chi connectivity index (χ1) is 13.6. The number of nitrogens with one attached hydrogen (secondary N) is 1. The molecule has 1 saturated carbocycles. The minimum absolute atomic E-state index is 0.0155. The lowest BCUT2D eigenvalue weighted by molar-refractivity contribution is -0.318. The van der Waals surface area contributed by atoms with Crippen LogP contribution >= 0.6 is 0 Å². The molecule has 1 heterocycles. The van der Waals surface area contributed by atoms with Crippen LogP contribution in [0.1, 0.15) is 12.8 Å². The van der Waals surface area contributed by atoms with Gasteiger partial charge in [0.2, 0.25) is 5.91 Å². The third-order valence-electron chi connectivity index (χ3n) is 5.28. The normalized spacial score (nSPS) is 44.3. The number of hydrogen-bond acceptors (Lipinski definition) is 12. The Balaban J connectivity index is 2.00. The van der Waals surface area contributed by atoms with Crippen molar-refractivity contribution in [3.8, 4) is 0 Å². The number of ether oxygens (including phenoxy) is 2. The molecule has 0 aromatic rings. The Labute approximate surface area is 167 Å². The number of carbonyl (C=O) groups is 1. The number of hydrogen-bond donors (Lipinski definition) is 10. The monoisotopic (exact) mass is 424 g/mol. The van der Waals surface area contributed by atoms with Crippen LogP contribution in [0.4, 0.5) is 0 Å². The van der Waals surface area contributed by atoms with Crippen molar-refractivity contribution in [2.24, 2.45) is 17.2 Å². The summed E-state index contributed by atoms with van der Waals surface area (Å²) in [6.07, 6.45) is -12.6. The third kappa shape index (κ3) is 5.59. The van der Waals surface area contributed by atoms with Crippen LogP contribution in [0.3, 0.4) is 0 Å². The van der Waals surface area contributed by atoms with E-state index in [9.17, 15) is 35.4 Å². The Hall–Kier alpha value is -0.970. The maximum Gasteiger partial charge on any atom is 0.222 e. The highest BCUT2D eigenvalue weighted by Gasteiger charge is 2.49. The summed E-state index contributed by atoms with van der Waals surface area (Å²) >= 11 is 0. The summed E-state index contributed by atoms with van der Waals surface area (Å²) in [4.78, 5) is 11.9. The minimum Gasteiger partial charge on any atom is -0.391 e. The Bertz CT molecular complexity index is 543. The second kappa shape index (κ2) is 10.4. The summed E-state index contributed by atoms with van der Waals surface area (Å²) < 4.78 is 10.9. The Morgan fingerprint density at radius 3 is 2.31 bits per heavy atom. The standard InChI is InChI=1S/C16H32N4O9/c17-3-5(21)1-9(22)20-7-2-6(19)15(13(26)10(7)23)29-16-14(27)12(25)11(24)8(4-18)28-16/h5-8,10-16,21,23-27H,1-4,17-19H2,(H,20,22)/t5?,6-,7+,8+,10-,11+,12-,13+,14+,15+,16+/m0/s1. The van der Waals surface area contributed by atoms with E-state index in [2.05, 4.69) is 5.32 Å². The van der Waals surface area contributed by atoms with E-state index in [0.717, 1.165) is 0 Å². The number of nitrogens with two attached hydrogens (primary N) is 3. The maximum absolute atomic E-state index is 11.9. The van der Waals surface area contributed by atoms with Gasteiger partial charge in [-0.25, -0.2) is 0 Å². The highest BCUT2D eigenvalue weighted by molar-refractivity contribution is 5.76. The zero-order valence-corrected chi connectivity index (χ0v) is 15.8. The van der Waals surface area contributed by atoms with Crippen molar-refractivity contribution in [1.82, 2.24) is 5.32 Å². The maximum atomic E-state index is 11.9. The second-order valence-electron chi connectivity index (χ2n) is 7.50. The minimum atomic E-state index is -1.64. The van der Waals surface area contributed by atoms with Crippen LogP contribution in [-0.2, 0) is 14.3 Å². The van der Waals surface area contributed by atoms with Gasteiger partial charge >= 0.3 is 0 Å². The van der Waals surface area contributed by atoms with Crippen molar-refractivity contribution in [2.45, 2.75) is 80.0 Å². The highest BCUT2D eigenvalue weighted by Crippen LogP contribution is 2.28. The Morgan fingerprint density at radius 1 is 1.07 bits per heavy atom. The molecular weight excluding hydrogens is 392 g/mol. The van der Waals surface area contributed by atoms with Gasteiger partial charge in [-0.2, -0.15) is 0 Å². The molecule has 29 heavy (non-hydrogen) atoms. The van der Waals surface area contributed by atoms with Gasteiger partial charge in [-0.05, 0) is 6.42 Å². The lowest BCUT2D eigenvalue weighted by Gasteiger charge is -2.45. The first-order valence-electron chi connectivity index (χ1n) is 9.45. The van der Waals surface area contributed by atoms with E-state index in [4.69, 9.17) is 26.7 Å². The van der Waals surface area contributed by atoms with Crippen LogP contribution in [0.25, 0.3) is 0 Å². The van der Waals surface area contributed by atoms with Gasteiger partial charge in [-0.15, -0.1) is 0 Å². The van der Waals surface area contributed by atoms with Gasteiger partial charge in [0, 0.05) is 19.1 Å². The third-order valence-corrected chi connectivity index (χ3v) is 5.28. The average Bonchev–Trinajstić information content (AvgIpc) is 2.68. The van der Waals surface area contributed by atoms with E-state index >= 15 is 0 Å². The predicted octanol–water partition coefficient (Wildman–Crippen LogP) is -6.21. The number of aliphatic hydroxyl groups excluding tert-OH is 6. The van der Waals surface area contributed by atoms with Gasteiger partial charge in [0.1, 0.15) is 42.7 Å². The zero-order chi connectivity index (χ0) is 21.9. The van der Waals surface area contributed by atoms with Crippen molar-refractivity contribution in [3.63, 3.8) is 0 Å². The molecule has 2 fully saturated rings. The molecule has 13 N–H and O–H groups in total. The summed E-state index contributed by atoms with van der Waals surface area (Å²) in [6.45, 7) is -0.262. The molecule has 1 saturated heterocycles. The van der Waals surface area contributed by atoms with Crippen molar-refractivity contribution >= 4 is 5.91 Å². The molecule has 1 aliphatic carbocycles. The lowest BCUT2D eigenvalue weighted by atomic mass is 9.84. The van der Waals surface area contributed by atoms with E-state index in [1.54, 1.807) is 0 Å². The van der Waals surface area contributed by atoms with Crippen molar-refractivity contribution in [3.05, 3.63) is 0 Å². The van der Waals surface area contributed by atoms with E-state index in [0.29, 0.717) is 0 Å². The molecule has 1 aliphatic heterocycles. The van der Waals surface area contributed by atoms with Gasteiger partial charge in [0.25, 0.3) is 0 Å². The molecule has 13 nitrogen and oxygen atoms in total. The lowest BCUT2D eigenvalue weighted by Crippen LogP contribution is -2.66. The molecule has 170 valence electrons. The molecule has 1 unspecified atom stereocenters. The SMILES string of the molecule is NCC(O)CC(=O)N[C@@H]1C[C@H](N)[C@@H](O[C@H]2O[C@H](CN)[C@@H](O)[C@H](O)[C@H]2O)[C@H](O)[C@H]1O. The van der Waals surface area contributed by atoms with Gasteiger partial charge in [-0.1, -0.05) is 0 Å². The molecule has 0 bridgehead atoms. The molecule has 2 rings (SSSR count). The quantitative estimate of drug-likeness (QED) is 0.183. The number of rotatable bonds is 7. The molecule has 0 aromatic heterocycles. The first-order valence-corrected chi connectivity index (χ1v) is 9.45.